The smallest absolute Gasteiger partial charge is 0.233 e. The van der Waals surface area contributed by atoms with Crippen LogP contribution in [0.15, 0.2) is 24.3 Å². The highest BCUT2D eigenvalue weighted by molar-refractivity contribution is 5.78. The minimum Gasteiger partial charge on any atom is -0.378 e. The van der Waals surface area contributed by atoms with Crippen LogP contribution in [0, 0.1) is 5.92 Å². The van der Waals surface area contributed by atoms with E-state index in [9.17, 15) is 4.79 Å². The van der Waals surface area contributed by atoms with Crippen molar-refractivity contribution >= 4 is 29.4 Å². The second-order valence-electron chi connectivity index (χ2n) is 11.2. The Hall–Kier alpha value is -3.02. The fraction of sp³-hybridized carbons (Fsp3) is 0.688. The molecule has 0 spiro atoms. The molecule has 1 heterocycles. The van der Waals surface area contributed by atoms with Crippen molar-refractivity contribution in [3.05, 3.63) is 29.8 Å². The number of nitrogens with zero attached hydrogens (tertiary/aromatic N) is 3. The molecule has 2 aromatic rings. The van der Waals surface area contributed by atoms with E-state index in [1.165, 1.54) is 64.2 Å². The molecule has 11 heteroatoms. The number of anilines is 4. The van der Waals surface area contributed by atoms with Gasteiger partial charge in [0.05, 0.1) is 32.8 Å². The number of unbranched alkanes of at least 4 members (excludes halogenated alkanes) is 5. The lowest BCUT2D eigenvalue weighted by Gasteiger charge is -2.21. The maximum Gasteiger partial charge on any atom is 0.233 e. The zero-order chi connectivity index (χ0) is 30.4. The summed E-state index contributed by atoms with van der Waals surface area (Å²) in [5, 5.41) is 13.1. The number of hydrogen-bond donors (Lipinski definition) is 5. The third kappa shape index (κ3) is 15.3. The van der Waals surface area contributed by atoms with E-state index in [1.807, 2.05) is 24.3 Å². The van der Waals surface area contributed by atoms with Crippen LogP contribution in [0.2, 0.25) is 0 Å². The van der Waals surface area contributed by atoms with E-state index in [0.29, 0.717) is 69.7 Å². The molecular weight excluding hydrogens is 544 g/mol. The highest BCUT2D eigenvalue weighted by Gasteiger charge is 2.15. The SMILES string of the molecule is CCCCCCCCNc1nc(NCC2CCCCC2)nc(Nc2ccc(CC(=O)NCCOCCOCCN)cc2)n1. The van der Waals surface area contributed by atoms with Crippen molar-refractivity contribution in [2.45, 2.75) is 84.0 Å². The highest BCUT2D eigenvalue weighted by atomic mass is 16.5. The van der Waals surface area contributed by atoms with Crippen LogP contribution < -0.4 is 27.0 Å². The molecule has 1 aromatic heterocycles. The predicted octanol–water partition coefficient (Wildman–Crippen LogP) is 5.03. The van der Waals surface area contributed by atoms with Gasteiger partial charge in [-0.25, -0.2) is 0 Å². The Morgan fingerprint density at radius 2 is 1.49 bits per heavy atom. The molecule has 0 saturated heterocycles. The van der Waals surface area contributed by atoms with E-state index in [2.05, 4.69) is 43.1 Å². The number of carbonyl (C=O) groups is 1. The number of benzene rings is 1. The summed E-state index contributed by atoms with van der Waals surface area (Å²) < 4.78 is 10.7. The summed E-state index contributed by atoms with van der Waals surface area (Å²) in [6.45, 7) is 6.88. The Balaban J connectivity index is 1.48. The van der Waals surface area contributed by atoms with Crippen molar-refractivity contribution in [2.75, 3.05) is 68.6 Å². The van der Waals surface area contributed by atoms with E-state index < -0.39 is 0 Å². The summed E-state index contributed by atoms with van der Waals surface area (Å²) in [7, 11) is 0. The summed E-state index contributed by atoms with van der Waals surface area (Å²) in [5.74, 6) is 2.28. The van der Waals surface area contributed by atoms with Gasteiger partial charge in [-0.2, -0.15) is 15.0 Å². The lowest BCUT2D eigenvalue weighted by Crippen LogP contribution is -2.29. The van der Waals surface area contributed by atoms with Crippen LogP contribution in [0.1, 0.15) is 83.1 Å². The normalized spacial score (nSPS) is 13.5. The van der Waals surface area contributed by atoms with Crippen LogP contribution in [-0.4, -0.2) is 73.5 Å². The Morgan fingerprint density at radius 3 is 2.23 bits per heavy atom. The highest BCUT2D eigenvalue weighted by Crippen LogP contribution is 2.24. The molecule has 0 radical (unpaired) electrons. The Labute approximate surface area is 257 Å². The summed E-state index contributed by atoms with van der Waals surface area (Å²) in [6.07, 6.45) is 14.2. The molecule has 240 valence electrons. The molecule has 0 bridgehead atoms. The number of aromatic nitrogens is 3. The number of rotatable bonds is 23. The first-order valence-electron chi connectivity index (χ1n) is 16.4. The minimum absolute atomic E-state index is 0.0454. The average Bonchev–Trinajstić information content (AvgIpc) is 3.02. The Kier molecular flexibility index (Phi) is 17.3. The van der Waals surface area contributed by atoms with Gasteiger partial charge >= 0.3 is 0 Å². The van der Waals surface area contributed by atoms with Crippen LogP contribution in [0.4, 0.5) is 23.5 Å². The lowest BCUT2D eigenvalue weighted by atomic mass is 9.89. The third-order valence-corrected chi connectivity index (χ3v) is 7.50. The Bertz CT molecular complexity index is 1020. The van der Waals surface area contributed by atoms with Gasteiger partial charge < -0.3 is 36.5 Å². The quantitative estimate of drug-likeness (QED) is 0.110. The standard InChI is InChI=1S/C32H54N8O3/c1-2-3-4-5-6-10-18-35-30-38-31(36-25-27-11-8-7-9-12-27)40-32(39-30)37-28-15-13-26(14-16-28)24-29(41)34-19-21-43-23-22-42-20-17-33/h13-16,27H,2-12,17-25,33H2,1H3,(H,34,41)(H3,35,36,37,38,39,40). The van der Waals surface area contributed by atoms with Crippen LogP contribution >= 0.6 is 0 Å². The topological polar surface area (TPSA) is 148 Å². The molecular formula is C32H54N8O3. The molecule has 11 nitrogen and oxygen atoms in total. The van der Waals surface area contributed by atoms with Gasteiger partial charge in [-0.15, -0.1) is 0 Å². The first kappa shape index (κ1) is 34.5. The second-order valence-corrected chi connectivity index (χ2v) is 11.2. The van der Waals surface area contributed by atoms with E-state index in [1.54, 1.807) is 0 Å². The summed E-state index contributed by atoms with van der Waals surface area (Å²) in [4.78, 5) is 26.3. The molecule has 1 aliphatic rings. The molecule has 3 rings (SSSR count). The van der Waals surface area contributed by atoms with Crippen LogP contribution in [-0.2, 0) is 20.7 Å². The molecule has 1 aromatic carbocycles. The van der Waals surface area contributed by atoms with E-state index >= 15 is 0 Å². The maximum atomic E-state index is 12.3. The van der Waals surface area contributed by atoms with E-state index in [-0.39, 0.29) is 5.91 Å². The zero-order valence-corrected chi connectivity index (χ0v) is 26.2. The average molecular weight is 599 g/mol. The van der Waals surface area contributed by atoms with Crippen LogP contribution in [0.3, 0.4) is 0 Å². The van der Waals surface area contributed by atoms with Crippen molar-refractivity contribution in [1.82, 2.24) is 20.3 Å². The minimum atomic E-state index is -0.0454. The van der Waals surface area contributed by atoms with Gasteiger partial charge in [0.1, 0.15) is 0 Å². The summed E-state index contributed by atoms with van der Waals surface area (Å²) in [5.41, 5.74) is 7.15. The van der Waals surface area contributed by atoms with Crippen molar-refractivity contribution < 1.29 is 14.3 Å². The van der Waals surface area contributed by atoms with Gasteiger partial charge in [0.15, 0.2) is 0 Å². The van der Waals surface area contributed by atoms with Gasteiger partial charge in [-0.3, -0.25) is 4.79 Å². The molecule has 0 aliphatic heterocycles. The van der Waals surface area contributed by atoms with Crippen LogP contribution in [0.25, 0.3) is 0 Å². The third-order valence-electron chi connectivity index (χ3n) is 7.50. The molecule has 6 N–H and O–H groups in total. The van der Waals surface area contributed by atoms with Gasteiger partial charge in [0.25, 0.3) is 0 Å². The van der Waals surface area contributed by atoms with Gasteiger partial charge in [0, 0.05) is 31.9 Å². The number of nitrogens with two attached hydrogens (primary N) is 1. The van der Waals surface area contributed by atoms with Crippen LogP contribution in [0.5, 0.6) is 0 Å². The number of hydrogen-bond acceptors (Lipinski definition) is 10. The zero-order valence-electron chi connectivity index (χ0n) is 26.2. The summed E-state index contributed by atoms with van der Waals surface area (Å²) >= 11 is 0. The number of amides is 1. The fourth-order valence-electron chi connectivity index (χ4n) is 5.07. The second kappa shape index (κ2) is 21.6. The van der Waals surface area contributed by atoms with Crippen molar-refractivity contribution in [3.63, 3.8) is 0 Å². The first-order chi connectivity index (χ1) is 21.2. The van der Waals surface area contributed by atoms with Crippen molar-refractivity contribution in [1.29, 1.82) is 0 Å². The summed E-state index contributed by atoms with van der Waals surface area (Å²) in [6, 6.07) is 7.76. The first-order valence-corrected chi connectivity index (χ1v) is 16.4. The molecule has 43 heavy (non-hydrogen) atoms. The Morgan fingerprint density at radius 1 is 0.814 bits per heavy atom. The van der Waals surface area contributed by atoms with E-state index in [4.69, 9.17) is 15.2 Å². The van der Waals surface area contributed by atoms with Gasteiger partial charge in [-0.1, -0.05) is 70.4 Å². The molecule has 1 amide bonds. The number of ether oxygens (including phenoxy) is 2. The predicted molar refractivity (Wildman–Crippen MR) is 174 cm³/mol. The largest absolute Gasteiger partial charge is 0.378 e. The lowest BCUT2D eigenvalue weighted by molar-refractivity contribution is -0.120. The molecule has 1 aliphatic carbocycles. The number of nitrogens with one attached hydrogen (secondary N) is 4. The maximum absolute atomic E-state index is 12.3. The monoisotopic (exact) mass is 598 g/mol. The molecule has 0 atom stereocenters. The van der Waals surface area contributed by atoms with Gasteiger partial charge in [0.2, 0.25) is 23.8 Å². The molecule has 0 unspecified atom stereocenters. The van der Waals surface area contributed by atoms with Gasteiger partial charge in [-0.05, 0) is 42.9 Å². The number of carbonyl (C=O) groups excluding carboxylic acids is 1. The van der Waals surface area contributed by atoms with E-state index in [0.717, 1.165) is 30.8 Å². The molecule has 1 saturated carbocycles. The van der Waals surface area contributed by atoms with Crippen molar-refractivity contribution in [2.24, 2.45) is 11.7 Å². The molecule has 1 fully saturated rings. The fourth-order valence-corrected chi connectivity index (χ4v) is 5.07. The van der Waals surface area contributed by atoms with Crippen molar-refractivity contribution in [3.8, 4) is 0 Å².